The highest BCUT2D eigenvalue weighted by Gasteiger charge is 2.27. The fourth-order valence-corrected chi connectivity index (χ4v) is 4.50. The maximum Gasteiger partial charge on any atom is 0.246 e. The van der Waals surface area contributed by atoms with E-state index in [2.05, 4.69) is 16.5 Å². The molecule has 0 atom stereocenters. The van der Waals surface area contributed by atoms with E-state index in [1.807, 2.05) is 24.8 Å². The van der Waals surface area contributed by atoms with Crippen molar-refractivity contribution in [3.05, 3.63) is 60.4 Å². The number of anilines is 1. The molecule has 178 valence electrons. The van der Waals surface area contributed by atoms with Crippen LogP contribution in [0.1, 0.15) is 25.8 Å². The lowest BCUT2D eigenvalue weighted by Gasteiger charge is -2.35. The number of hydrogen-bond acceptors (Lipinski definition) is 5. The molecule has 8 heteroatoms. The number of aromatic nitrogens is 2. The second kappa shape index (κ2) is 10.2. The number of hydrogen-bond donors (Lipinski definition) is 0. The van der Waals surface area contributed by atoms with E-state index in [9.17, 15) is 9.18 Å². The third-order valence-electron chi connectivity index (χ3n) is 6.07. The van der Waals surface area contributed by atoms with Crippen molar-refractivity contribution in [1.82, 2.24) is 14.9 Å². The molecule has 1 saturated heterocycles. The highest BCUT2D eigenvalue weighted by molar-refractivity contribution is 5.95. The van der Waals surface area contributed by atoms with E-state index >= 15 is 4.39 Å². The second-order valence-corrected chi connectivity index (χ2v) is 7.90. The summed E-state index contributed by atoms with van der Waals surface area (Å²) < 4.78 is 36.4. The van der Waals surface area contributed by atoms with Crippen molar-refractivity contribution in [2.24, 2.45) is 0 Å². The molecule has 6 nitrogen and oxygen atoms in total. The molecule has 1 amide bonds. The third kappa shape index (κ3) is 4.20. The average Bonchev–Trinajstić information content (AvgIpc) is 2.86. The molecule has 0 radical (unpaired) electrons. The van der Waals surface area contributed by atoms with Crippen LogP contribution in [0.25, 0.3) is 22.0 Å². The van der Waals surface area contributed by atoms with Gasteiger partial charge in [0.05, 0.1) is 12.2 Å². The maximum atomic E-state index is 15.9. The van der Waals surface area contributed by atoms with Gasteiger partial charge in [-0.25, -0.2) is 18.7 Å². The predicted octanol–water partition coefficient (Wildman–Crippen LogP) is 4.76. The molecule has 1 aromatic heterocycles. The lowest BCUT2D eigenvalue weighted by molar-refractivity contribution is -0.126. The standard InChI is InChI=1S/C24H22F2N4O2.C2H6/c1-2-19(31)29-8-10-30(11-9-29)24-16-13-15-5-4-12-32-18-7-3-6-17(25)21(18)20(15)22(26)23(16)27-14-28-24;1-2/h2-3,6-7,13-14H,1,4-5,8-12H2;1-2H3. The Labute approximate surface area is 197 Å². The fraction of sp³-hybridized carbons (Fsp3) is 0.346. The van der Waals surface area contributed by atoms with Gasteiger partial charge in [-0.3, -0.25) is 4.79 Å². The van der Waals surface area contributed by atoms with Gasteiger partial charge in [0.2, 0.25) is 5.91 Å². The average molecular weight is 467 g/mol. The molecule has 3 heterocycles. The largest absolute Gasteiger partial charge is 0.493 e. The van der Waals surface area contributed by atoms with Crippen LogP contribution < -0.4 is 9.64 Å². The zero-order chi connectivity index (χ0) is 24.2. The van der Waals surface area contributed by atoms with E-state index in [0.717, 1.165) is 0 Å². The quantitative estimate of drug-likeness (QED) is 0.510. The van der Waals surface area contributed by atoms with Gasteiger partial charge in [0.25, 0.3) is 0 Å². The molecule has 2 aliphatic rings. The molecule has 2 aromatic carbocycles. The summed E-state index contributed by atoms with van der Waals surface area (Å²) in [6.07, 6.45) is 3.87. The molecule has 3 aromatic rings. The highest BCUT2D eigenvalue weighted by atomic mass is 19.1. The zero-order valence-corrected chi connectivity index (χ0v) is 19.5. The summed E-state index contributed by atoms with van der Waals surface area (Å²) in [5.41, 5.74) is 1.20. The van der Waals surface area contributed by atoms with Crippen LogP contribution in [0.2, 0.25) is 0 Å². The lowest BCUT2D eigenvalue weighted by Crippen LogP contribution is -2.48. The molecule has 1 fully saturated rings. The minimum atomic E-state index is -0.571. The fourth-order valence-electron chi connectivity index (χ4n) is 4.50. The Bertz CT molecular complexity index is 1220. The minimum absolute atomic E-state index is 0.104. The highest BCUT2D eigenvalue weighted by Crippen LogP contribution is 2.42. The normalized spacial score (nSPS) is 15.2. The third-order valence-corrected chi connectivity index (χ3v) is 6.07. The molecule has 0 saturated carbocycles. The van der Waals surface area contributed by atoms with Crippen molar-refractivity contribution in [3.8, 4) is 16.9 Å². The first kappa shape index (κ1) is 23.6. The van der Waals surface area contributed by atoms with Crippen LogP contribution >= 0.6 is 0 Å². The lowest BCUT2D eigenvalue weighted by atomic mass is 9.92. The summed E-state index contributed by atoms with van der Waals surface area (Å²) >= 11 is 0. The summed E-state index contributed by atoms with van der Waals surface area (Å²) in [5, 5.41) is 0.589. The van der Waals surface area contributed by atoms with Gasteiger partial charge in [0.15, 0.2) is 5.82 Å². The molecule has 0 N–H and O–H groups in total. The number of fused-ring (bicyclic) bond motifs is 4. The number of nitrogens with zero attached hydrogens (tertiary/aromatic N) is 4. The zero-order valence-electron chi connectivity index (χ0n) is 19.5. The van der Waals surface area contributed by atoms with Crippen LogP contribution in [-0.2, 0) is 11.2 Å². The number of aryl methyl sites for hydroxylation is 1. The van der Waals surface area contributed by atoms with Gasteiger partial charge in [-0.05, 0) is 42.7 Å². The number of halogens is 2. The van der Waals surface area contributed by atoms with Crippen LogP contribution in [0.3, 0.4) is 0 Å². The van der Waals surface area contributed by atoms with Gasteiger partial charge < -0.3 is 14.5 Å². The van der Waals surface area contributed by atoms with Crippen molar-refractivity contribution in [2.75, 3.05) is 37.7 Å². The van der Waals surface area contributed by atoms with Crippen LogP contribution in [0, 0.1) is 11.6 Å². The Morgan fingerprint density at radius 3 is 2.62 bits per heavy atom. The van der Waals surface area contributed by atoms with E-state index in [1.165, 1.54) is 18.5 Å². The van der Waals surface area contributed by atoms with Crippen LogP contribution in [-0.4, -0.2) is 53.6 Å². The summed E-state index contributed by atoms with van der Waals surface area (Å²) in [7, 11) is 0. The van der Waals surface area contributed by atoms with E-state index in [1.54, 1.807) is 17.0 Å². The molecule has 0 bridgehead atoms. The molecular weight excluding hydrogens is 438 g/mol. The van der Waals surface area contributed by atoms with Crippen molar-refractivity contribution < 1.29 is 18.3 Å². The number of amides is 1. The smallest absolute Gasteiger partial charge is 0.246 e. The van der Waals surface area contributed by atoms with Crippen LogP contribution in [0.15, 0.2) is 43.2 Å². The Balaban J connectivity index is 0.00000133. The monoisotopic (exact) mass is 466 g/mol. The molecular formula is C26H28F2N4O2. The summed E-state index contributed by atoms with van der Waals surface area (Å²) in [5.74, 6) is -0.247. The first-order valence-corrected chi connectivity index (χ1v) is 11.6. The molecule has 2 aliphatic heterocycles. The number of benzene rings is 2. The summed E-state index contributed by atoms with van der Waals surface area (Å²) in [4.78, 5) is 24.3. The van der Waals surface area contributed by atoms with Crippen molar-refractivity contribution >= 4 is 22.6 Å². The molecule has 0 aliphatic carbocycles. The summed E-state index contributed by atoms with van der Waals surface area (Å²) in [6, 6.07) is 6.41. The number of rotatable bonds is 2. The Morgan fingerprint density at radius 1 is 1.12 bits per heavy atom. The van der Waals surface area contributed by atoms with E-state index < -0.39 is 11.6 Å². The number of carbonyl (C=O) groups excluding carboxylic acids is 1. The maximum absolute atomic E-state index is 15.9. The van der Waals surface area contributed by atoms with Crippen molar-refractivity contribution in [2.45, 2.75) is 26.7 Å². The first-order valence-electron chi connectivity index (χ1n) is 11.6. The predicted molar refractivity (Wildman–Crippen MR) is 129 cm³/mol. The Morgan fingerprint density at radius 2 is 1.88 bits per heavy atom. The van der Waals surface area contributed by atoms with E-state index in [4.69, 9.17) is 4.74 Å². The van der Waals surface area contributed by atoms with Gasteiger partial charge >= 0.3 is 0 Å². The van der Waals surface area contributed by atoms with Gasteiger partial charge in [-0.1, -0.05) is 26.5 Å². The van der Waals surface area contributed by atoms with Gasteiger partial charge in [0.1, 0.15) is 29.2 Å². The number of carbonyl (C=O) groups is 1. The van der Waals surface area contributed by atoms with E-state index in [-0.39, 0.29) is 22.6 Å². The Kier molecular flexibility index (Phi) is 7.05. The van der Waals surface area contributed by atoms with Gasteiger partial charge in [-0.2, -0.15) is 0 Å². The van der Waals surface area contributed by atoms with Crippen LogP contribution in [0.5, 0.6) is 5.75 Å². The minimum Gasteiger partial charge on any atom is -0.493 e. The SMILES string of the molecule is C=CC(=O)N1CCN(c2ncnc3c(F)c4c(cc23)CCCOc2cccc(F)c2-4)CC1.CC. The second-order valence-electron chi connectivity index (χ2n) is 7.90. The topological polar surface area (TPSA) is 58.6 Å². The van der Waals surface area contributed by atoms with Gasteiger partial charge in [-0.15, -0.1) is 0 Å². The Hall–Kier alpha value is -3.55. The molecule has 0 spiro atoms. The van der Waals surface area contributed by atoms with E-state index in [0.29, 0.717) is 68.1 Å². The first-order chi connectivity index (χ1) is 16.6. The van der Waals surface area contributed by atoms with Crippen molar-refractivity contribution in [3.63, 3.8) is 0 Å². The number of ether oxygens (including phenoxy) is 1. The molecule has 5 rings (SSSR count). The molecule has 0 unspecified atom stereocenters. The van der Waals surface area contributed by atoms with Gasteiger partial charge in [0, 0.05) is 37.1 Å². The molecule has 34 heavy (non-hydrogen) atoms. The summed E-state index contributed by atoms with van der Waals surface area (Å²) in [6.45, 7) is 10.1. The van der Waals surface area contributed by atoms with Crippen molar-refractivity contribution in [1.29, 1.82) is 0 Å². The van der Waals surface area contributed by atoms with Crippen LogP contribution in [0.4, 0.5) is 14.6 Å². The number of piperazine rings is 1.